The molecular formula is C14H20ClNOS. The highest BCUT2D eigenvalue weighted by Gasteiger charge is 2.25. The number of hydrogen-bond donors (Lipinski definition) is 1. The van der Waals surface area contributed by atoms with Crippen LogP contribution in [-0.4, -0.2) is 4.98 Å². The highest BCUT2D eigenvalue weighted by atomic mass is 35.5. The number of benzene rings is 1. The van der Waals surface area contributed by atoms with E-state index < -0.39 is 0 Å². The summed E-state index contributed by atoms with van der Waals surface area (Å²) < 4.78 is 5.76. The fraction of sp³-hybridized carbons (Fsp3) is 0.500. The van der Waals surface area contributed by atoms with Crippen LogP contribution in [-0.2, 0) is 5.41 Å². The van der Waals surface area contributed by atoms with Gasteiger partial charge in [0.1, 0.15) is 5.52 Å². The molecule has 0 bridgehead atoms. The van der Waals surface area contributed by atoms with Crippen molar-refractivity contribution in [1.29, 1.82) is 0 Å². The maximum Gasteiger partial charge on any atom is 0.201 e. The molecule has 1 aromatic heterocycles. The molecule has 1 heterocycles. The molecule has 0 radical (unpaired) electrons. The Hall–Kier alpha value is -0.670. The van der Waals surface area contributed by atoms with E-state index >= 15 is 0 Å². The van der Waals surface area contributed by atoms with Crippen LogP contribution in [0.3, 0.4) is 0 Å². The van der Waals surface area contributed by atoms with Crippen LogP contribution in [0.15, 0.2) is 21.4 Å². The lowest BCUT2D eigenvalue weighted by Gasteiger charge is -2.17. The normalized spacial score (nSPS) is 11.3. The minimum atomic E-state index is -0.0638. The van der Waals surface area contributed by atoms with Gasteiger partial charge in [0, 0.05) is 5.41 Å². The molecule has 18 heavy (non-hydrogen) atoms. The van der Waals surface area contributed by atoms with E-state index in [1.165, 1.54) is 0 Å². The van der Waals surface area contributed by atoms with Crippen LogP contribution >= 0.6 is 24.2 Å². The largest absolute Gasteiger partial charge is 0.439 e. The Kier molecular flexibility index (Phi) is 5.11. The Balaban J connectivity index is 0.000000771. The van der Waals surface area contributed by atoms with Crippen molar-refractivity contribution in [1.82, 2.24) is 4.98 Å². The van der Waals surface area contributed by atoms with Gasteiger partial charge in [-0.2, -0.15) is 0 Å². The monoisotopic (exact) mass is 285 g/mol. The van der Waals surface area contributed by atoms with Gasteiger partial charge in [0.05, 0.1) is 9.92 Å². The number of halogens is 1. The first kappa shape index (κ1) is 15.4. The highest BCUT2D eigenvalue weighted by molar-refractivity contribution is 7.80. The average Bonchev–Trinajstić information content (AvgIpc) is 2.82. The SMILES string of the molecule is CC.CCC(C)(C)c1nc2ccc(Cl)c(S)c2o1. The maximum absolute atomic E-state index is 5.98. The molecule has 1 aromatic carbocycles. The Labute approximate surface area is 119 Å². The number of nitrogens with zero attached hydrogens (tertiary/aromatic N) is 1. The van der Waals surface area contributed by atoms with Crippen LogP contribution in [0.25, 0.3) is 11.1 Å². The number of rotatable bonds is 2. The Bertz CT molecular complexity index is 534. The first-order chi connectivity index (χ1) is 8.45. The summed E-state index contributed by atoms with van der Waals surface area (Å²) in [6.07, 6.45) is 0.968. The lowest BCUT2D eigenvalue weighted by Crippen LogP contribution is -2.15. The van der Waals surface area contributed by atoms with Gasteiger partial charge in [-0.1, -0.05) is 46.2 Å². The van der Waals surface area contributed by atoms with Gasteiger partial charge >= 0.3 is 0 Å². The smallest absolute Gasteiger partial charge is 0.201 e. The number of aromatic nitrogens is 1. The molecule has 0 aliphatic rings. The molecule has 2 nitrogen and oxygen atoms in total. The molecule has 0 fully saturated rings. The van der Waals surface area contributed by atoms with Crippen molar-refractivity contribution < 1.29 is 4.42 Å². The second-order valence-electron chi connectivity index (χ2n) is 4.50. The zero-order valence-electron chi connectivity index (χ0n) is 11.5. The molecule has 0 N–H and O–H groups in total. The summed E-state index contributed by atoms with van der Waals surface area (Å²) in [6, 6.07) is 3.65. The van der Waals surface area contributed by atoms with Gasteiger partial charge in [-0.25, -0.2) is 4.98 Å². The Morgan fingerprint density at radius 1 is 1.33 bits per heavy atom. The number of thiol groups is 1. The van der Waals surface area contributed by atoms with E-state index in [9.17, 15) is 0 Å². The Morgan fingerprint density at radius 3 is 2.50 bits per heavy atom. The highest BCUT2D eigenvalue weighted by Crippen LogP contribution is 2.34. The van der Waals surface area contributed by atoms with Gasteiger partial charge in [0.25, 0.3) is 0 Å². The molecule has 0 saturated heterocycles. The third kappa shape index (κ3) is 2.83. The van der Waals surface area contributed by atoms with Gasteiger partial charge in [-0.15, -0.1) is 12.6 Å². The first-order valence-electron chi connectivity index (χ1n) is 6.24. The van der Waals surface area contributed by atoms with E-state index in [1.807, 2.05) is 19.9 Å². The van der Waals surface area contributed by atoms with E-state index in [-0.39, 0.29) is 5.41 Å². The second kappa shape index (κ2) is 5.98. The lowest BCUT2D eigenvalue weighted by molar-refractivity contribution is 0.372. The van der Waals surface area contributed by atoms with Crippen molar-refractivity contribution in [3.8, 4) is 0 Å². The summed E-state index contributed by atoms with van der Waals surface area (Å²) in [6.45, 7) is 10.3. The molecule has 0 atom stereocenters. The zero-order chi connectivity index (χ0) is 13.9. The quantitative estimate of drug-likeness (QED) is 0.739. The van der Waals surface area contributed by atoms with E-state index in [2.05, 4.69) is 38.4 Å². The number of hydrogen-bond acceptors (Lipinski definition) is 3. The fourth-order valence-electron chi connectivity index (χ4n) is 1.39. The Morgan fingerprint density at radius 2 is 1.94 bits per heavy atom. The molecule has 0 amide bonds. The van der Waals surface area contributed by atoms with Crippen molar-refractivity contribution in [3.63, 3.8) is 0 Å². The van der Waals surface area contributed by atoms with Crippen LogP contribution in [0.4, 0.5) is 0 Å². The van der Waals surface area contributed by atoms with Crippen LogP contribution in [0.5, 0.6) is 0 Å². The van der Waals surface area contributed by atoms with Crippen LogP contribution in [0, 0.1) is 0 Å². The third-order valence-electron chi connectivity index (χ3n) is 2.95. The number of fused-ring (bicyclic) bond motifs is 1. The minimum Gasteiger partial charge on any atom is -0.439 e. The predicted molar refractivity (Wildman–Crippen MR) is 80.9 cm³/mol. The zero-order valence-corrected chi connectivity index (χ0v) is 13.2. The summed E-state index contributed by atoms with van der Waals surface area (Å²) >= 11 is 10.3. The molecule has 100 valence electrons. The van der Waals surface area contributed by atoms with Crippen LogP contribution < -0.4 is 0 Å². The molecule has 2 aromatic rings. The summed E-state index contributed by atoms with van der Waals surface area (Å²) in [7, 11) is 0. The van der Waals surface area contributed by atoms with Crippen molar-refractivity contribution >= 4 is 35.3 Å². The molecule has 0 saturated carbocycles. The molecule has 0 aliphatic carbocycles. The molecule has 0 spiro atoms. The minimum absolute atomic E-state index is 0.0638. The number of oxazole rings is 1. The summed E-state index contributed by atoms with van der Waals surface area (Å²) in [4.78, 5) is 5.14. The predicted octanol–water partition coefficient (Wildman–Crippen LogP) is 5.48. The molecule has 4 heteroatoms. The fourth-order valence-corrected chi connectivity index (χ4v) is 1.78. The van der Waals surface area contributed by atoms with E-state index in [0.29, 0.717) is 15.5 Å². The van der Waals surface area contributed by atoms with Crippen molar-refractivity contribution in [2.24, 2.45) is 0 Å². The molecule has 0 aliphatic heterocycles. The van der Waals surface area contributed by atoms with Crippen molar-refractivity contribution in [3.05, 3.63) is 23.0 Å². The second-order valence-corrected chi connectivity index (χ2v) is 5.36. The standard InChI is InChI=1S/C12H14ClNOS.C2H6/c1-4-12(2,3)11-14-8-6-5-7(13)10(16)9(8)15-11;1-2/h5-6,16H,4H2,1-3H3;1-2H3. The summed E-state index contributed by atoms with van der Waals surface area (Å²) in [5.41, 5.74) is 1.42. The van der Waals surface area contributed by atoms with Gasteiger partial charge in [-0.3, -0.25) is 0 Å². The van der Waals surface area contributed by atoms with Gasteiger partial charge in [-0.05, 0) is 18.6 Å². The van der Waals surface area contributed by atoms with Gasteiger partial charge in [0.15, 0.2) is 5.58 Å². The van der Waals surface area contributed by atoms with Gasteiger partial charge < -0.3 is 4.42 Å². The first-order valence-corrected chi connectivity index (χ1v) is 7.06. The van der Waals surface area contributed by atoms with Gasteiger partial charge in [0.2, 0.25) is 5.89 Å². The average molecular weight is 286 g/mol. The third-order valence-corrected chi connectivity index (χ3v) is 3.84. The lowest BCUT2D eigenvalue weighted by atomic mass is 9.90. The molecule has 2 rings (SSSR count). The van der Waals surface area contributed by atoms with Crippen molar-refractivity contribution in [2.45, 2.75) is 51.3 Å². The van der Waals surface area contributed by atoms with Crippen molar-refractivity contribution in [2.75, 3.05) is 0 Å². The maximum atomic E-state index is 5.98. The van der Waals surface area contributed by atoms with E-state index in [4.69, 9.17) is 16.0 Å². The summed E-state index contributed by atoms with van der Waals surface area (Å²) in [5.74, 6) is 0.738. The topological polar surface area (TPSA) is 26.0 Å². The molecular weight excluding hydrogens is 266 g/mol. The van der Waals surface area contributed by atoms with Crippen LogP contribution in [0.2, 0.25) is 5.02 Å². The van der Waals surface area contributed by atoms with E-state index in [1.54, 1.807) is 6.07 Å². The van der Waals surface area contributed by atoms with E-state index in [0.717, 1.165) is 17.8 Å². The van der Waals surface area contributed by atoms with Crippen LogP contribution in [0.1, 0.15) is 46.9 Å². The summed E-state index contributed by atoms with van der Waals surface area (Å²) in [5, 5.41) is 0.591. The molecule has 0 unspecified atom stereocenters.